The van der Waals surface area contributed by atoms with E-state index in [1.807, 2.05) is 12.2 Å². The lowest BCUT2D eigenvalue weighted by atomic mass is 9.88. The molecule has 6 heteroatoms. The lowest BCUT2D eigenvalue weighted by Crippen LogP contribution is -2.45. The molecule has 0 fully saturated rings. The van der Waals surface area contributed by atoms with Gasteiger partial charge in [-0.25, -0.2) is 9.98 Å². The van der Waals surface area contributed by atoms with Crippen molar-refractivity contribution < 1.29 is 14.6 Å². The molecule has 0 spiro atoms. The molecule has 4 aliphatic rings. The molecule has 2 heterocycles. The van der Waals surface area contributed by atoms with E-state index in [0.717, 1.165) is 60.9 Å². The highest BCUT2D eigenvalue weighted by Crippen LogP contribution is 2.47. The third-order valence-electron chi connectivity index (χ3n) is 8.47. The molecule has 5 atom stereocenters. The van der Waals surface area contributed by atoms with Gasteiger partial charge in [-0.1, -0.05) is 75.6 Å². The SMILES string of the molecule is CCCCC(CC)COC1N=C(C2=CCC3C(=C2)Oc2cc4ccccc4cc23)NC(C2CCC=CC2O)=N1. The molecular formula is C33H39N3O3. The molecule has 2 aromatic rings. The maximum absolute atomic E-state index is 10.7. The van der Waals surface area contributed by atoms with Crippen molar-refractivity contribution in [3.63, 3.8) is 0 Å². The number of nitrogens with one attached hydrogen (secondary N) is 1. The number of aliphatic hydroxyl groups excluding tert-OH is 1. The zero-order chi connectivity index (χ0) is 26.8. The molecule has 0 saturated carbocycles. The lowest BCUT2D eigenvalue weighted by molar-refractivity contribution is 0.0345. The fourth-order valence-corrected chi connectivity index (χ4v) is 6.03. The number of aliphatic hydroxyl groups is 1. The van der Waals surface area contributed by atoms with Gasteiger partial charge >= 0.3 is 0 Å². The van der Waals surface area contributed by atoms with Crippen LogP contribution in [0.1, 0.15) is 70.3 Å². The number of nitrogens with zero attached hydrogens (tertiary/aromatic N) is 2. The van der Waals surface area contributed by atoms with Crippen LogP contribution in [0.5, 0.6) is 5.75 Å². The van der Waals surface area contributed by atoms with Gasteiger partial charge in [0.15, 0.2) is 0 Å². The topological polar surface area (TPSA) is 75.4 Å². The number of aliphatic imine (C=N–C) groups is 2. The van der Waals surface area contributed by atoms with E-state index in [1.165, 1.54) is 29.2 Å². The molecule has 0 amide bonds. The summed E-state index contributed by atoms with van der Waals surface area (Å²) in [6.07, 6.45) is 14.3. The molecule has 39 heavy (non-hydrogen) atoms. The molecule has 204 valence electrons. The van der Waals surface area contributed by atoms with Gasteiger partial charge in [0, 0.05) is 23.0 Å². The fourth-order valence-electron chi connectivity index (χ4n) is 6.03. The zero-order valence-corrected chi connectivity index (χ0v) is 23.0. The summed E-state index contributed by atoms with van der Waals surface area (Å²) < 4.78 is 12.7. The van der Waals surface area contributed by atoms with Crippen LogP contribution in [0.2, 0.25) is 0 Å². The Morgan fingerprint density at radius 3 is 2.79 bits per heavy atom. The number of unbranched alkanes of at least 4 members (excludes halogenated alkanes) is 1. The van der Waals surface area contributed by atoms with Gasteiger partial charge < -0.3 is 19.9 Å². The van der Waals surface area contributed by atoms with Gasteiger partial charge in [-0.05, 0) is 60.6 Å². The fraction of sp³-hybridized carbons (Fsp3) is 0.455. The highest BCUT2D eigenvalue weighted by molar-refractivity contribution is 6.12. The second kappa shape index (κ2) is 11.5. The highest BCUT2D eigenvalue weighted by atomic mass is 16.5. The first kappa shape index (κ1) is 26.0. The average molecular weight is 526 g/mol. The molecule has 6 nitrogen and oxygen atoms in total. The third kappa shape index (κ3) is 5.45. The number of amidine groups is 2. The quantitative estimate of drug-likeness (QED) is 0.354. The van der Waals surface area contributed by atoms with E-state index in [1.54, 1.807) is 0 Å². The lowest BCUT2D eigenvalue weighted by Gasteiger charge is -2.31. The smallest absolute Gasteiger partial charge is 0.249 e. The van der Waals surface area contributed by atoms with E-state index >= 15 is 0 Å². The summed E-state index contributed by atoms with van der Waals surface area (Å²) in [5.74, 6) is 4.00. The minimum Gasteiger partial charge on any atom is -0.461 e. The Balaban J connectivity index is 1.24. The van der Waals surface area contributed by atoms with Crippen LogP contribution in [-0.2, 0) is 4.74 Å². The number of hydrogen-bond acceptors (Lipinski definition) is 6. The van der Waals surface area contributed by atoms with E-state index in [9.17, 15) is 5.11 Å². The molecule has 2 N–H and O–H groups in total. The predicted octanol–water partition coefficient (Wildman–Crippen LogP) is 6.77. The minimum absolute atomic E-state index is 0.0994. The van der Waals surface area contributed by atoms with Crippen LogP contribution in [0.3, 0.4) is 0 Å². The molecule has 0 radical (unpaired) electrons. The normalized spacial score (nSPS) is 26.4. The van der Waals surface area contributed by atoms with Gasteiger partial charge in [0.25, 0.3) is 0 Å². The van der Waals surface area contributed by atoms with Gasteiger partial charge in [0.2, 0.25) is 6.35 Å². The van der Waals surface area contributed by atoms with E-state index in [4.69, 9.17) is 19.5 Å². The van der Waals surface area contributed by atoms with Crippen LogP contribution in [0.25, 0.3) is 10.8 Å². The average Bonchev–Trinajstić information content (AvgIpc) is 3.32. The number of hydrogen-bond donors (Lipinski definition) is 2. The van der Waals surface area contributed by atoms with Gasteiger partial charge in [-0.2, -0.15) is 0 Å². The van der Waals surface area contributed by atoms with E-state index in [2.05, 4.69) is 67.7 Å². The number of rotatable bonds is 9. The summed E-state index contributed by atoms with van der Waals surface area (Å²) >= 11 is 0. The summed E-state index contributed by atoms with van der Waals surface area (Å²) in [7, 11) is 0. The van der Waals surface area contributed by atoms with Crippen molar-refractivity contribution in [2.45, 2.75) is 77.2 Å². The number of allylic oxidation sites excluding steroid dienone is 3. The highest BCUT2D eigenvalue weighted by Gasteiger charge is 2.34. The molecule has 2 aliphatic heterocycles. The van der Waals surface area contributed by atoms with Crippen molar-refractivity contribution >= 4 is 22.4 Å². The van der Waals surface area contributed by atoms with Crippen molar-refractivity contribution in [3.05, 3.63) is 77.6 Å². The molecule has 6 rings (SSSR count). The molecule has 0 bridgehead atoms. The molecule has 0 saturated heterocycles. The van der Waals surface area contributed by atoms with Crippen LogP contribution in [-0.4, -0.2) is 35.8 Å². The van der Waals surface area contributed by atoms with Crippen molar-refractivity contribution in [3.8, 4) is 5.75 Å². The number of benzene rings is 2. The van der Waals surface area contributed by atoms with E-state index < -0.39 is 12.5 Å². The van der Waals surface area contributed by atoms with Crippen LogP contribution in [0.4, 0.5) is 0 Å². The monoisotopic (exact) mass is 525 g/mol. The first-order valence-corrected chi connectivity index (χ1v) is 14.6. The summed E-state index contributed by atoms with van der Waals surface area (Å²) in [6.45, 7) is 5.08. The molecule has 2 aromatic carbocycles. The van der Waals surface area contributed by atoms with Gasteiger partial charge in [0.1, 0.15) is 23.2 Å². The summed E-state index contributed by atoms with van der Waals surface area (Å²) in [4.78, 5) is 9.74. The summed E-state index contributed by atoms with van der Waals surface area (Å²) in [5.41, 5.74) is 2.23. The first-order chi connectivity index (χ1) is 19.1. The maximum atomic E-state index is 10.7. The Kier molecular flexibility index (Phi) is 7.67. The van der Waals surface area contributed by atoms with Gasteiger partial charge in [-0.15, -0.1) is 0 Å². The van der Waals surface area contributed by atoms with Crippen molar-refractivity contribution in [2.75, 3.05) is 6.61 Å². The molecule has 0 aromatic heterocycles. The van der Waals surface area contributed by atoms with Crippen LogP contribution >= 0.6 is 0 Å². The standard InChI is InChI=1S/C33H39N3O3/c1-3-5-10-21(4-2)20-38-33-35-31(34-32(36-33)26-13-8-9-14-28(26)37)24-15-16-25-27-17-22-11-6-7-12-23(22)18-30(27)39-29(25)19-24/h6-7,9,11-12,14-15,17-19,21,25-26,28,33,37H,3-5,8,10,13,16,20H2,1-2H3,(H,34,35,36). The Labute approximate surface area is 231 Å². The second-order valence-corrected chi connectivity index (χ2v) is 11.1. The largest absolute Gasteiger partial charge is 0.461 e. The summed E-state index contributed by atoms with van der Waals surface area (Å²) in [6, 6.07) is 12.8. The van der Waals surface area contributed by atoms with Crippen LogP contribution in [0.15, 0.2) is 82.0 Å². The summed E-state index contributed by atoms with van der Waals surface area (Å²) in [5, 5.41) is 16.6. The molecular weight excluding hydrogens is 486 g/mol. The van der Waals surface area contributed by atoms with E-state index in [-0.39, 0.29) is 11.8 Å². The first-order valence-electron chi connectivity index (χ1n) is 14.6. The Morgan fingerprint density at radius 2 is 2.00 bits per heavy atom. The number of fused-ring (bicyclic) bond motifs is 4. The zero-order valence-electron chi connectivity index (χ0n) is 23.0. The number of ether oxygens (including phenoxy) is 2. The third-order valence-corrected chi connectivity index (χ3v) is 8.47. The Hall–Kier alpha value is -3.22. The predicted molar refractivity (Wildman–Crippen MR) is 157 cm³/mol. The van der Waals surface area contributed by atoms with Crippen LogP contribution in [0, 0.1) is 11.8 Å². The van der Waals surface area contributed by atoms with Gasteiger partial charge in [0.05, 0.1) is 12.7 Å². The Bertz CT molecular complexity index is 1370. The van der Waals surface area contributed by atoms with E-state index in [0.29, 0.717) is 12.5 Å². The Morgan fingerprint density at radius 1 is 1.15 bits per heavy atom. The van der Waals surface area contributed by atoms with Crippen LogP contribution < -0.4 is 10.1 Å². The maximum Gasteiger partial charge on any atom is 0.249 e. The van der Waals surface area contributed by atoms with Crippen molar-refractivity contribution in [1.29, 1.82) is 0 Å². The molecule has 2 aliphatic carbocycles. The van der Waals surface area contributed by atoms with Crippen molar-refractivity contribution in [1.82, 2.24) is 5.32 Å². The van der Waals surface area contributed by atoms with Gasteiger partial charge in [-0.3, -0.25) is 0 Å². The van der Waals surface area contributed by atoms with Crippen molar-refractivity contribution in [2.24, 2.45) is 21.8 Å². The molecule has 5 unspecified atom stereocenters. The second-order valence-electron chi connectivity index (χ2n) is 11.1. The minimum atomic E-state index is -0.617.